The molecule has 2 N–H and O–H groups in total. The number of hydrogen-bond donors (Lipinski definition) is 1. The fourth-order valence-corrected chi connectivity index (χ4v) is 2.33. The van der Waals surface area contributed by atoms with Crippen LogP contribution in [0, 0.1) is 5.41 Å². The summed E-state index contributed by atoms with van der Waals surface area (Å²) in [5.74, 6) is -0.339. The predicted molar refractivity (Wildman–Crippen MR) is 71.4 cm³/mol. The van der Waals surface area contributed by atoms with E-state index in [-0.39, 0.29) is 17.5 Å². The Balaban J connectivity index is 2.29. The molecule has 0 aromatic rings. The summed E-state index contributed by atoms with van der Waals surface area (Å²) in [7, 11) is 0. The highest BCUT2D eigenvalue weighted by molar-refractivity contribution is 5.86. The second-order valence-electron chi connectivity index (χ2n) is 5.61. The monoisotopic (exact) mass is 269 g/mol. The zero-order valence-corrected chi connectivity index (χ0v) is 11.7. The van der Waals surface area contributed by atoms with Gasteiger partial charge < -0.3 is 15.2 Å². The summed E-state index contributed by atoms with van der Waals surface area (Å²) in [4.78, 5) is 21.9. The van der Waals surface area contributed by atoms with E-state index in [1.165, 1.54) is 0 Å². The second kappa shape index (κ2) is 6.59. The summed E-state index contributed by atoms with van der Waals surface area (Å²) < 4.78 is 10.1. The van der Waals surface area contributed by atoms with E-state index in [0.717, 1.165) is 32.1 Å². The predicted octanol–water partition coefficient (Wildman–Crippen LogP) is 2.54. The van der Waals surface area contributed by atoms with Gasteiger partial charge in [-0.25, -0.2) is 9.59 Å². The van der Waals surface area contributed by atoms with Crippen molar-refractivity contribution in [3.8, 4) is 0 Å². The average Bonchev–Trinajstić information content (AvgIpc) is 2.31. The first-order valence-electron chi connectivity index (χ1n) is 6.61. The standard InChI is InChI=1S/C14H23NO4/c1-10(2)12(16)18-9-8-14(3)6-4-11(5-7-14)19-13(15)17/h11H,1,4-9H2,2-3H3,(H2,15,17). The van der Waals surface area contributed by atoms with Crippen LogP contribution in [0.25, 0.3) is 0 Å². The van der Waals surface area contributed by atoms with Crippen molar-refractivity contribution in [1.82, 2.24) is 0 Å². The molecular formula is C14H23NO4. The van der Waals surface area contributed by atoms with Crippen LogP contribution >= 0.6 is 0 Å². The van der Waals surface area contributed by atoms with Crippen molar-refractivity contribution < 1.29 is 19.1 Å². The molecule has 0 spiro atoms. The Morgan fingerprint density at radius 1 is 1.37 bits per heavy atom. The first kappa shape index (κ1) is 15.5. The maximum atomic E-state index is 11.3. The lowest BCUT2D eigenvalue weighted by Gasteiger charge is -2.36. The maximum Gasteiger partial charge on any atom is 0.404 e. The van der Waals surface area contributed by atoms with E-state index in [2.05, 4.69) is 13.5 Å². The van der Waals surface area contributed by atoms with Crippen molar-refractivity contribution in [1.29, 1.82) is 0 Å². The Morgan fingerprint density at radius 3 is 2.42 bits per heavy atom. The van der Waals surface area contributed by atoms with E-state index in [9.17, 15) is 9.59 Å². The molecular weight excluding hydrogens is 246 g/mol. The zero-order valence-electron chi connectivity index (χ0n) is 11.7. The number of esters is 1. The molecule has 0 radical (unpaired) electrons. The zero-order chi connectivity index (χ0) is 14.5. The topological polar surface area (TPSA) is 78.6 Å². The van der Waals surface area contributed by atoms with E-state index < -0.39 is 6.09 Å². The van der Waals surface area contributed by atoms with E-state index in [1.54, 1.807) is 6.92 Å². The number of ether oxygens (including phenoxy) is 2. The SMILES string of the molecule is C=C(C)C(=O)OCCC1(C)CCC(OC(N)=O)CC1. The molecule has 0 heterocycles. The van der Waals surface area contributed by atoms with Gasteiger partial charge in [0.15, 0.2) is 0 Å². The molecule has 1 fully saturated rings. The summed E-state index contributed by atoms with van der Waals surface area (Å²) in [6.45, 7) is 7.75. The highest BCUT2D eigenvalue weighted by Crippen LogP contribution is 2.39. The van der Waals surface area contributed by atoms with Crippen LogP contribution in [-0.2, 0) is 14.3 Å². The Bertz CT molecular complexity index is 356. The lowest BCUT2D eigenvalue weighted by molar-refractivity contribution is -0.139. The summed E-state index contributed by atoms with van der Waals surface area (Å²) in [6.07, 6.45) is 3.55. The first-order chi connectivity index (χ1) is 8.82. The number of nitrogens with two attached hydrogens (primary N) is 1. The molecule has 0 saturated heterocycles. The Kier molecular flexibility index (Phi) is 5.39. The molecule has 5 heteroatoms. The highest BCUT2D eigenvalue weighted by Gasteiger charge is 2.32. The highest BCUT2D eigenvalue weighted by atomic mass is 16.6. The first-order valence-corrected chi connectivity index (χ1v) is 6.61. The fraction of sp³-hybridized carbons (Fsp3) is 0.714. The normalized spacial score (nSPS) is 26.5. The number of hydrogen-bond acceptors (Lipinski definition) is 4. The van der Waals surface area contributed by atoms with Crippen molar-refractivity contribution in [2.45, 2.75) is 52.1 Å². The lowest BCUT2D eigenvalue weighted by atomic mass is 9.73. The maximum absolute atomic E-state index is 11.3. The Morgan fingerprint density at radius 2 is 1.95 bits per heavy atom. The fourth-order valence-electron chi connectivity index (χ4n) is 2.33. The third-order valence-corrected chi connectivity index (χ3v) is 3.71. The van der Waals surface area contributed by atoms with Crippen LogP contribution in [0.5, 0.6) is 0 Å². The molecule has 1 rings (SSSR count). The van der Waals surface area contributed by atoms with Crippen LogP contribution in [-0.4, -0.2) is 24.8 Å². The van der Waals surface area contributed by atoms with Crippen LogP contribution in [0.15, 0.2) is 12.2 Å². The molecule has 0 aliphatic heterocycles. The van der Waals surface area contributed by atoms with Gasteiger partial charge in [-0.1, -0.05) is 13.5 Å². The largest absolute Gasteiger partial charge is 0.462 e. The summed E-state index contributed by atoms with van der Waals surface area (Å²) in [6, 6.07) is 0. The molecule has 0 aromatic carbocycles. The quantitative estimate of drug-likeness (QED) is 0.614. The van der Waals surface area contributed by atoms with E-state index in [0.29, 0.717) is 12.2 Å². The molecule has 1 saturated carbocycles. The van der Waals surface area contributed by atoms with Crippen molar-refractivity contribution in [2.75, 3.05) is 6.61 Å². The van der Waals surface area contributed by atoms with Crippen molar-refractivity contribution in [3.63, 3.8) is 0 Å². The molecule has 0 unspecified atom stereocenters. The van der Waals surface area contributed by atoms with Crippen molar-refractivity contribution in [2.24, 2.45) is 11.1 Å². The van der Waals surface area contributed by atoms with Gasteiger partial charge in [0.25, 0.3) is 0 Å². The Labute approximate surface area is 114 Å². The molecule has 1 aliphatic rings. The van der Waals surface area contributed by atoms with Gasteiger partial charge in [0.1, 0.15) is 6.10 Å². The van der Waals surface area contributed by atoms with Gasteiger partial charge in [-0.05, 0) is 44.4 Å². The molecule has 0 atom stereocenters. The van der Waals surface area contributed by atoms with Crippen molar-refractivity contribution in [3.05, 3.63) is 12.2 Å². The van der Waals surface area contributed by atoms with Crippen LogP contribution in [0.1, 0.15) is 46.0 Å². The minimum absolute atomic E-state index is 0.0662. The third-order valence-electron chi connectivity index (χ3n) is 3.71. The van der Waals surface area contributed by atoms with Crippen LogP contribution < -0.4 is 5.73 Å². The number of carbonyl (C=O) groups is 2. The minimum Gasteiger partial charge on any atom is -0.462 e. The van der Waals surface area contributed by atoms with Gasteiger partial charge in [0, 0.05) is 5.57 Å². The second-order valence-corrected chi connectivity index (χ2v) is 5.61. The number of amides is 1. The van der Waals surface area contributed by atoms with E-state index in [4.69, 9.17) is 15.2 Å². The van der Waals surface area contributed by atoms with Gasteiger partial charge >= 0.3 is 12.1 Å². The Hall–Kier alpha value is -1.52. The minimum atomic E-state index is -0.705. The van der Waals surface area contributed by atoms with Crippen LogP contribution in [0.4, 0.5) is 4.79 Å². The van der Waals surface area contributed by atoms with Crippen LogP contribution in [0.3, 0.4) is 0 Å². The molecule has 1 amide bonds. The van der Waals surface area contributed by atoms with Gasteiger partial charge in [0.05, 0.1) is 6.61 Å². The van der Waals surface area contributed by atoms with Crippen LogP contribution in [0.2, 0.25) is 0 Å². The summed E-state index contributed by atoms with van der Waals surface area (Å²) in [5, 5.41) is 0. The number of rotatable bonds is 5. The number of primary amides is 1. The van der Waals surface area contributed by atoms with Gasteiger partial charge in [-0.2, -0.15) is 0 Å². The van der Waals surface area contributed by atoms with E-state index >= 15 is 0 Å². The average molecular weight is 269 g/mol. The van der Waals surface area contributed by atoms with Gasteiger partial charge in [-0.15, -0.1) is 0 Å². The van der Waals surface area contributed by atoms with Gasteiger partial charge in [-0.3, -0.25) is 0 Å². The van der Waals surface area contributed by atoms with E-state index in [1.807, 2.05) is 0 Å². The lowest BCUT2D eigenvalue weighted by Crippen LogP contribution is -2.32. The smallest absolute Gasteiger partial charge is 0.404 e. The molecule has 1 aliphatic carbocycles. The molecule has 0 bridgehead atoms. The summed E-state index contributed by atoms with van der Waals surface area (Å²) in [5.41, 5.74) is 5.56. The van der Waals surface area contributed by atoms with Gasteiger partial charge in [0.2, 0.25) is 0 Å². The molecule has 0 aromatic heterocycles. The third kappa shape index (κ3) is 5.32. The van der Waals surface area contributed by atoms with Crippen molar-refractivity contribution >= 4 is 12.1 Å². The molecule has 19 heavy (non-hydrogen) atoms. The number of carbonyl (C=O) groups excluding carboxylic acids is 2. The summed E-state index contributed by atoms with van der Waals surface area (Å²) >= 11 is 0. The molecule has 108 valence electrons. The molecule has 5 nitrogen and oxygen atoms in total.